The second-order valence-corrected chi connectivity index (χ2v) is 3.33. The molecule has 0 unspecified atom stereocenters. The number of carboxylic acid groups (broad SMARTS) is 2. The summed E-state index contributed by atoms with van der Waals surface area (Å²) in [6.45, 7) is 0. The van der Waals surface area contributed by atoms with E-state index >= 15 is 0 Å². The number of hydrogen-bond acceptors (Lipinski definition) is 6. The second kappa shape index (κ2) is 7.18. The maximum Gasteiger partial charge on any atom is 0.328 e. The van der Waals surface area contributed by atoms with E-state index in [9.17, 15) is 19.2 Å². The lowest BCUT2D eigenvalue weighted by Gasteiger charge is -1.94. The quantitative estimate of drug-likeness (QED) is 0.413. The maximum atomic E-state index is 11.2. The number of anilines is 2. The number of carbonyl (C=O) groups is 4. The van der Waals surface area contributed by atoms with Gasteiger partial charge in [0.25, 0.3) is 17.8 Å². The molecular weight excluding hydrogens is 286 g/mol. The Bertz CT molecular complexity index is 579. The summed E-state index contributed by atoms with van der Waals surface area (Å²) >= 11 is 0. The Hall–Kier alpha value is -3.50. The van der Waals surface area contributed by atoms with Crippen LogP contribution in [0, 0.1) is 0 Å². The summed E-state index contributed by atoms with van der Waals surface area (Å²) in [7, 11) is 0. The maximum absolute atomic E-state index is 11.2. The lowest BCUT2D eigenvalue weighted by atomic mass is 10.5. The Morgan fingerprint density at radius 1 is 0.905 bits per heavy atom. The van der Waals surface area contributed by atoms with Crippen molar-refractivity contribution in [2.24, 2.45) is 0 Å². The van der Waals surface area contributed by atoms with Crippen LogP contribution in [0.15, 0.2) is 24.3 Å². The van der Waals surface area contributed by atoms with Crippen molar-refractivity contribution < 1.29 is 29.4 Å². The Balaban J connectivity index is 2.57. The van der Waals surface area contributed by atoms with E-state index in [-0.39, 0.29) is 11.9 Å². The van der Waals surface area contributed by atoms with E-state index in [2.05, 4.69) is 25.8 Å². The zero-order valence-corrected chi connectivity index (χ0v) is 10.2. The molecule has 0 radical (unpaired) electrons. The Morgan fingerprint density at radius 2 is 1.43 bits per heavy atom. The van der Waals surface area contributed by atoms with E-state index in [4.69, 9.17) is 10.2 Å². The fourth-order valence-corrected chi connectivity index (χ4v) is 0.978. The molecule has 0 bridgehead atoms. The molecule has 0 spiro atoms. The smallest absolute Gasteiger partial charge is 0.328 e. The molecule has 0 aliphatic heterocycles. The number of carboxylic acids is 2. The van der Waals surface area contributed by atoms with E-state index < -0.39 is 23.8 Å². The minimum absolute atomic E-state index is 0.132. The minimum atomic E-state index is -1.29. The van der Waals surface area contributed by atoms with Crippen molar-refractivity contribution in [3.63, 3.8) is 0 Å². The third kappa shape index (κ3) is 6.28. The van der Waals surface area contributed by atoms with Crippen LogP contribution in [0.1, 0.15) is 0 Å². The molecule has 0 aromatic carbocycles. The van der Waals surface area contributed by atoms with Crippen LogP contribution < -0.4 is 10.6 Å². The fraction of sp³-hybridized carbons (Fsp3) is 0. The van der Waals surface area contributed by atoms with E-state index in [1.54, 1.807) is 0 Å². The van der Waals surface area contributed by atoms with Gasteiger partial charge >= 0.3 is 11.9 Å². The zero-order chi connectivity index (χ0) is 15.8. The number of aromatic nitrogens is 3. The van der Waals surface area contributed by atoms with Crippen LogP contribution in [0.4, 0.5) is 11.9 Å². The highest BCUT2D eigenvalue weighted by molar-refractivity contribution is 6.02. The first-order valence-corrected chi connectivity index (χ1v) is 5.23. The van der Waals surface area contributed by atoms with Crippen LogP contribution >= 0.6 is 0 Å². The van der Waals surface area contributed by atoms with Gasteiger partial charge in [-0.2, -0.15) is 4.98 Å². The number of hydrogen-bond donors (Lipinski definition) is 5. The van der Waals surface area contributed by atoms with Crippen LogP contribution in [0.3, 0.4) is 0 Å². The van der Waals surface area contributed by atoms with Crippen LogP contribution in [0.25, 0.3) is 0 Å². The molecule has 21 heavy (non-hydrogen) atoms. The standard InChI is InChI=1S/C10H9N5O6/c16-5(1-3-7(18)19)11-9-13-10(15-14-9)12-6(17)2-4-8(20)21/h1-4H,(H,18,19)(H,20,21)(H3,11,12,13,14,15,16,17)/b3-1-,4-2-. The van der Waals surface area contributed by atoms with Crippen molar-refractivity contribution in [2.75, 3.05) is 10.6 Å². The highest BCUT2D eigenvalue weighted by Gasteiger charge is 2.07. The predicted octanol–water partition coefficient (Wildman–Crippen LogP) is -1.04. The van der Waals surface area contributed by atoms with Gasteiger partial charge in [0.1, 0.15) is 0 Å². The number of rotatable bonds is 6. The van der Waals surface area contributed by atoms with Gasteiger partial charge in [-0.25, -0.2) is 14.7 Å². The van der Waals surface area contributed by atoms with Gasteiger partial charge in [-0.05, 0) is 0 Å². The second-order valence-electron chi connectivity index (χ2n) is 3.33. The Labute approximate surface area is 116 Å². The fourth-order valence-electron chi connectivity index (χ4n) is 0.978. The van der Waals surface area contributed by atoms with E-state index in [0.29, 0.717) is 12.2 Å². The average molecular weight is 295 g/mol. The molecule has 0 fully saturated rings. The Morgan fingerprint density at radius 3 is 1.95 bits per heavy atom. The Kier molecular flexibility index (Phi) is 5.32. The lowest BCUT2D eigenvalue weighted by molar-refractivity contribution is -0.132. The van der Waals surface area contributed by atoms with E-state index in [0.717, 1.165) is 12.2 Å². The molecule has 0 saturated heterocycles. The van der Waals surface area contributed by atoms with Crippen molar-refractivity contribution in [3.05, 3.63) is 24.3 Å². The summed E-state index contributed by atoms with van der Waals surface area (Å²) in [6, 6.07) is 0. The molecule has 1 aromatic heterocycles. The van der Waals surface area contributed by atoms with Gasteiger partial charge < -0.3 is 10.2 Å². The molecule has 0 aliphatic carbocycles. The summed E-state index contributed by atoms with van der Waals surface area (Å²) in [5, 5.41) is 26.7. The third-order valence-corrected chi connectivity index (χ3v) is 1.72. The number of amides is 2. The molecule has 5 N–H and O–H groups in total. The molecule has 1 heterocycles. The zero-order valence-electron chi connectivity index (χ0n) is 10.2. The predicted molar refractivity (Wildman–Crippen MR) is 67.2 cm³/mol. The highest BCUT2D eigenvalue weighted by atomic mass is 16.4. The van der Waals surface area contributed by atoms with Crippen molar-refractivity contribution >= 4 is 35.6 Å². The largest absolute Gasteiger partial charge is 0.478 e. The number of aromatic amines is 1. The normalized spacial score (nSPS) is 10.7. The summed E-state index contributed by atoms with van der Waals surface area (Å²) in [5.74, 6) is -4.46. The molecule has 1 aromatic rings. The van der Waals surface area contributed by atoms with Gasteiger partial charge in [0, 0.05) is 24.3 Å². The van der Waals surface area contributed by atoms with Crippen LogP contribution in [-0.4, -0.2) is 49.1 Å². The summed E-state index contributed by atoms with van der Waals surface area (Å²) in [4.78, 5) is 46.5. The molecule has 0 atom stereocenters. The van der Waals surface area contributed by atoms with Crippen LogP contribution in [0.2, 0.25) is 0 Å². The molecule has 11 heteroatoms. The molecule has 11 nitrogen and oxygen atoms in total. The van der Waals surface area contributed by atoms with Crippen LogP contribution in [-0.2, 0) is 19.2 Å². The third-order valence-electron chi connectivity index (χ3n) is 1.72. The molecular formula is C10H9N5O6. The van der Waals surface area contributed by atoms with Crippen molar-refractivity contribution in [1.82, 2.24) is 15.2 Å². The summed E-state index contributed by atoms with van der Waals surface area (Å²) in [5.41, 5.74) is 0. The van der Waals surface area contributed by atoms with Gasteiger partial charge in [-0.1, -0.05) is 0 Å². The molecule has 0 aliphatic rings. The first-order chi connectivity index (χ1) is 9.86. The van der Waals surface area contributed by atoms with Gasteiger partial charge in [0.2, 0.25) is 5.95 Å². The van der Waals surface area contributed by atoms with Gasteiger partial charge in [-0.3, -0.25) is 20.2 Å². The highest BCUT2D eigenvalue weighted by Crippen LogP contribution is 2.03. The van der Waals surface area contributed by atoms with Crippen LogP contribution in [0.5, 0.6) is 0 Å². The topological polar surface area (TPSA) is 174 Å². The van der Waals surface area contributed by atoms with Gasteiger partial charge in [0.05, 0.1) is 0 Å². The van der Waals surface area contributed by atoms with Gasteiger partial charge in [0.15, 0.2) is 0 Å². The number of H-pyrrole nitrogens is 1. The molecule has 110 valence electrons. The summed E-state index contributed by atoms with van der Waals surface area (Å²) < 4.78 is 0. The monoisotopic (exact) mass is 295 g/mol. The van der Waals surface area contributed by atoms with Gasteiger partial charge in [-0.15, -0.1) is 5.10 Å². The first kappa shape index (κ1) is 15.6. The molecule has 1 rings (SSSR count). The van der Waals surface area contributed by atoms with E-state index in [1.165, 1.54) is 0 Å². The number of nitrogens with zero attached hydrogens (tertiary/aromatic N) is 2. The van der Waals surface area contributed by atoms with E-state index in [1.807, 2.05) is 0 Å². The minimum Gasteiger partial charge on any atom is -0.478 e. The van der Waals surface area contributed by atoms with Crippen molar-refractivity contribution in [2.45, 2.75) is 0 Å². The lowest BCUT2D eigenvalue weighted by Crippen LogP contribution is -2.11. The SMILES string of the molecule is O=C(O)/C=C\C(=O)Nc1n[nH]c(NC(=O)/C=C\C(=O)O)n1. The average Bonchev–Trinajstić information content (AvgIpc) is 2.81. The molecule has 2 amide bonds. The molecule has 0 saturated carbocycles. The number of aliphatic carboxylic acids is 2. The number of carbonyl (C=O) groups excluding carboxylic acids is 2. The summed E-state index contributed by atoms with van der Waals surface area (Å²) in [6.07, 6.45) is 2.78. The number of nitrogens with one attached hydrogen (secondary N) is 3. The van der Waals surface area contributed by atoms with Crippen molar-refractivity contribution in [1.29, 1.82) is 0 Å². The first-order valence-electron chi connectivity index (χ1n) is 5.23. The van der Waals surface area contributed by atoms with Crippen molar-refractivity contribution in [3.8, 4) is 0 Å².